The van der Waals surface area contributed by atoms with E-state index in [0.29, 0.717) is 0 Å². The van der Waals surface area contributed by atoms with E-state index >= 15 is 0 Å². The molecule has 1 aliphatic carbocycles. The number of anilines is 1. The maximum Gasteiger partial charge on any atom is 0.153 e. The van der Waals surface area contributed by atoms with Crippen molar-refractivity contribution in [2.75, 3.05) is 5.32 Å². The van der Waals surface area contributed by atoms with Gasteiger partial charge in [0.15, 0.2) is 5.82 Å². The second-order valence-corrected chi connectivity index (χ2v) is 9.70. The first-order valence-corrected chi connectivity index (χ1v) is 12.5. The highest BCUT2D eigenvalue weighted by Crippen LogP contribution is 2.36. The Morgan fingerprint density at radius 3 is 2.68 bits per heavy atom. The summed E-state index contributed by atoms with van der Waals surface area (Å²) in [5.74, 6) is 1.56. The molecular weight excluding hydrogens is 460 g/mol. The molecule has 0 amide bonds. The standard InChI is InChI=1S/C29H30N8/c1-19-13-28(34-36(19)3)32-27-10-6-9-24-22(16-30-27)11-12-25-29(24)26(37(4)33-25)15-20-7-5-8-21(14-20)23-17-31-35(2)18-23/h5-10,13-14,16-18H,11-12,15H2,1-4H3,(H,30,32,34). The lowest BCUT2D eigenvalue weighted by Gasteiger charge is -2.18. The zero-order chi connectivity index (χ0) is 25.5. The van der Waals surface area contributed by atoms with E-state index in [9.17, 15) is 0 Å². The quantitative estimate of drug-likeness (QED) is 0.438. The van der Waals surface area contributed by atoms with Crippen molar-refractivity contribution in [3.8, 4) is 11.1 Å². The van der Waals surface area contributed by atoms with Gasteiger partial charge in [-0.3, -0.25) is 14.0 Å². The van der Waals surface area contributed by atoms with E-state index in [0.717, 1.165) is 47.9 Å². The summed E-state index contributed by atoms with van der Waals surface area (Å²) < 4.78 is 5.74. The van der Waals surface area contributed by atoms with E-state index in [-0.39, 0.29) is 0 Å². The molecule has 8 heteroatoms. The fourth-order valence-electron chi connectivity index (χ4n) is 5.06. The first-order chi connectivity index (χ1) is 17.9. The number of aliphatic imine (C=N–C) groups is 1. The third-order valence-corrected chi connectivity index (χ3v) is 7.07. The molecule has 37 heavy (non-hydrogen) atoms. The normalized spacial score (nSPS) is 15.6. The Hall–Kier alpha value is -4.46. The molecule has 0 fully saturated rings. The summed E-state index contributed by atoms with van der Waals surface area (Å²) in [5, 5.41) is 17.1. The van der Waals surface area contributed by atoms with Crippen molar-refractivity contribution in [3.63, 3.8) is 0 Å². The van der Waals surface area contributed by atoms with E-state index in [1.165, 1.54) is 33.5 Å². The SMILES string of the molecule is Cc1cc(NC2=C/C=C/C3=C(C=N2)CCc2nn(C)c(Cc4cccc(-c5cnn(C)c5)c4)c23)nn1C. The summed E-state index contributed by atoms with van der Waals surface area (Å²) in [6.45, 7) is 2.03. The number of hydrogen-bond acceptors (Lipinski definition) is 5. The maximum absolute atomic E-state index is 4.91. The van der Waals surface area contributed by atoms with Crippen LogP contribution >= 0.6 is 0 Å². The lowest BCUT2D eigenvalue weighted by atomic mass is 9.86. The molecule has 0 saturated heterocycles. The highest BCUT2D eigenvalue weighted by atomic mass is 15.3. The van der Waals surface area contributed by atoms with Crippen LogP contribution in [0.25, 0.3) is 16.7 Å². The van der Waals surface area contributed by atoms with Gasteiger partial charge in [0.25, 0.3) is 0 Å². The van der Waals surface area contributed by atoms with Crippen LogP contribution in [-0.2, 0) is 34.0 Å². The number of fused-ring (bicyclic) bond motifs is 2. The lowest BCUT2D eigenvalue weighted by Crippen LogP contribution is -2.08. The summed E-state index contributed by atoms with van der Waals surface area (Å²) >= 11 is 0. The Labute approximate surface area is 216 Å². The van der Waals surface area contributed by atoms with Gasteiger partial charge < -0.3 is 5.32 Å². The third-order valence-electron chi connectivity index (χ3n) is 7.07. The van der Waals surface area contributed by atoms with Crippen LogP contribution in [0.3, 0.4) is 0 Å². The zero-order valence-corrected chi connectivity index (χ0v) is 21.6. The molecular formula is C29H30N8. The van der Waals surface area contributed by atoms with Gasteiger partial charge in [0.1, 0.15) is 5.82 Å². The fraction of sp³-hybridized carbons (Fsp3) is 0.241. The predicted molar refractivity (Wildman–Crippen MR) is 147 cm³/mol. The van der Waals surface area contributed by atoms with Crippen molar-refractivity contribution >= 4 is 17.6 Å². The van der Waals surface area contributed by atoms with E-state index in [2.05, 4.69) is 59.0 Å². The van der Waals surface area contributed by atoms with Crippen LogP contribution in [-0.4, -0.2) is 35.6 Å². The van der Waals surface area contributed by atoms with Crippen LogP contribution in [0.5, 0.6) is 0 Å². The first-order valence-electron chi connectivity index (χ1n) is 12.5. The molecule has 0 unspecified atom stereocenters. The van der Waals surface area contributed by atoms with Crippen LogP contribution in [0.4, 0.5) is 5.82 Å². The van der Waals surface area contributed by atoms with Crippen molar-refractivity contribution < 1.29 is 0 Å². The zero-order valence-electron chi connectivity index (χ0n) is 21.6. The molecule has 1 aromatic carbocycles. The van der Waals surface area contributed by atoms with Crippen molar-refractivity contribution in [1.29, 1.82) is 0 Å². The van der Waals surface area contributed by atoms with Crippen molar-refractivity contribution in [2.45, 2.75) is 26.2 Å². The molecule has 0 atom stereocenters. The van der Waals surface area contributed by atoms with Gasteiger partial charge in [0.2, 0.25) is 0 Å². The Morgan fingerprint density at radius 2 is 1.89 bits per heavy atom. The molecule has 8 nitrogen and oxygen atoms in total. The molecule has 0 saturated carbocycles. The number of hydrogen-bond donors (Lipinski definition) is 1. The minimum Gasteiger partial charge on any atom is -0.323 e. The minimum atomic E-state index is 0.769. The molecule has 0 spiro atoms. The summed E-state index contributed by atoms with van der Waals surface area (Å²) in [5.41, 5.74) is 10.7. The summed E-state index contributed by atoms with van der Waals surface area (Å²) in [4.78, 5) is 4.77. The van der Waals surface area contributed by atoms with Crippen LogP contribution in [0.15, 0.2) is 77.3 Å². The van der Waals surface area contributed by atoms with Crippen LogP contribution in [0, 0.1) is 6.92 Å². The second-order valence-electron chi connectivity index (χ2n) is 9.70. The predicted octanol–water partition coefficient (Wildman–Crippen LogP) is 4.75. The van der Waals surface area contributed by atoms with Gasteiger partial charge in [-0.05, 0) is 48.1 Å². The summed E-state index contributed by atoms with van der Waals surface area (Å²) in [6, 6.07) is 10.7. The highest BCUT2D eigenvalue weighted by molar-refractivity contribution is 5.97. The van der Waals surface area contributed by atoms with Crippen molar-refractivity contribution in [1.82, 2.24) is 29.3 Å². The smallest absolute Gasteiger partial charge is 0.153 e. The number of aryl methyl sites for hydroxylation is 5. The molecule has 186 valence electrons. The molecule has 4 aromatic rings. The maximum atomic E-state index is 4.91. The molecule has 0 radical (unpaired) electrons. The average Bonchev–Trinajstić information content (AvgIpc) is 3.53. The van der Waals surface area contributed by atoms with E-state index in [1.54, 1.807) is 0 Å². The van der Waals surface area contributed by atoms with E-state index in [1.807, 2.05) is 65.8 Å². The van der Waals surface area contributed by atoms with Gasteiger partial charge in [0.05, 0.1) is 17.6 Å². The molecule has 2 aliphatic rings. The van der Waals surface area contributed by atoms with Gasteiger partial charge in [-0.25, -0.2) is 4.99 Å². The van der Waals surface area contributed by atoms with E-state index < -0.39 is 0 Å². The number of nitrogens with zero attached hydrogens (tertiary/aromatic N) is 7. The van der Waals surface area contributed by atoms with Gasteiger partial charge in [0, 0.05) is 62.9 Å². The summed E-state index contributed by atoms with van der Waals surface area (Å²) in [7, 11) is 5.93. The Kier molecular flexibility index (Phi) is 5.71. The number of nitrogens with one attached hydrogen (secondary N) is 1. The summed E-state index contributed by atoms with van der Waals surface area (Å²) in [6.07, 6.45) is 14.8. The van der Waals surface area contributed by atoms with Crippen molar-refractivity contribution in [2.24, 2.45) is 26.1 Å². The Bertz CT molecular complexity index is 1600. The fourth-order valence-corrected chi connectivity index (χ4v) is 5.06. The van der Waals surface area contributed by atoms with Crippen LogP contribution in [0.2, 0.25) is 0 Å². The minimum absolute atomic E-state index is 0.769. The second kappa shape index (κ2) is 9.20. The van der Waals surface area contributed by atoms with Gasteiger partial charge in [-0.1, -0.05) is 36.4 Å². The molecule has 0 bridgehead atoms. The van der Waals surface area contributed by atoms with Crippen LogP contribution in [0.1, 0.15) is 34.6 Å². The Morgan fingerprint density at radius 1 is 1.00 bits per heavy atom. The first kappa shape index (κ1) is 23.0. The molecule has 3 aromatic heterocycles. The van der Waals surface area contributed by atoms with Crippen LogP contribution < -0.4 is 5.32 Å². The number of allylic oxidation sites excluding steroid dienone is 5. The van der Waals surface area contributed by atoms with E-state index in [4.69, 9.17) is 10.1 Å². The molecule has 1 N–H and O–H groups in total. The Balaban J connectivity index is 1.30. The molecule has 1 aliphatic heterocycles. The topological polar surface area (TPSA) is 77.8 Å². The highest BCUT2D eigenvalue weighted by Gasteiger charge is 2.25. The number of benzene rings is 1. The lowest BCUT2D eigenvalue weighted by molar-refractivity contribution is 0.706. The number of aromatic nitrogens is 6. The number of rotatable bonds is 5. The molecule has 6 rings (SSSR count). The van der Waals surface area contributed by atoms with Crippen molar-refractivity contribution in [3.05, 3.63) is 101 Å². The average molecular weight is 491 g/mol. The van der Waals surface area contributed by atoms with Gasteiger partial charge in [-0.2, -0.15) is 15.3 Å². The molecule has 4 heterocycles. The van der Waals surface area contributed by atoms with Gasteiger partial charge >= 0.3 is 0 Å². The largest absolute Gasteiger partial charge is 0.323 e. The monoisotopic (exact) mass is 490 g/mol. The third kappa shape index (κ3) is 4.46. The van der Waals surface area contributed by atoms with Gasteiger partial charge in [-0.15, -0.1) is 0 Å².